The first-order valence-electron chi connectivity index (χ1n) is 11.0. The van der Waals surface area contributed by atoms with Crippen LogP contribution < -0.4 is 0 Å². The lowest BCUT2D eigenvalue weighted by Crippen LogP contribution is -2.03. The van der Waals surface area contributed by atoms with Gasteiger partial charge in [-0.2, -0.15) is 23.4 Å². The summed E-state index contributed by atoms with van der Waals surface area (Å²) in [6.07, 6.45) is -3.05. The van der Waals surface area contributed by atoms with E-state index >= 15 is 0 Å². The molecule has 0 radical (unpaired) electrons. The average molecular weight is 555 g/mol. The fraction of sp³-hybridized carbons (Fsp3) is 0.0370. The van der Waals surface area contributed by atoms with Crippen molar-refractivity contribution >= 4 is 57.6 Å². The zero-order chi connectivity index (χ0) is 26.9. The zero-order valence-electron chi connectivity index (χ0n) is 19.1. The largest absolute Gasteiger partial charge is 0.507 e. The van der Waals surface area contributed by atoms with Crippen LogP contribution >= 0.6 is 23.2 Å². The molecule has 1 aromatic heterocycles. The Morgan fingerprint density at radius 2 is 1.58 bits per heavy atom. The molecule has 0 aliphatic rings. The summed E-state index contributed by atoms with van der Waals surface area (Å²) in [7, 11) is 0. The van der Waals surface area contributed by atoms with Gasteiger partial charge in [-0.05, 0) is 72.8 Å². The van der Waals surface area contributed by atoms with Crippen molar-refractivity contribution in [1.82, 2.24) is 4.98 Å². The summed E-state index contributed by atoms with van der Waals surface area (Å²) in [6, 6.07) is 19.1. The van der Waals surface area contributed by atoms with Crippen molar-refractivity contribution in [1.29, 1.82) is 0 Å². The molecule has 1 N–H and O–H groups in total. The van der Waals surface area contributed by atoms with E-state index in [1.165, 1.54) is 36.5 Å². The first-order chi connectivity index (χ1) is 18.2. The number of phenolic OH excluding ortho intramolecular Hbond substituents is 1. The standard InChI is InChI=1S/C27H15Cl2F3N4O2/c28-21-7-4-15(11-22(21)29)26-34-23-13-18(6-9-25(23)38-26)33-14-16-10-20(5-8-24(16)37)36-35-19-3-1-2-17(12-19)27(30,31)32/h1-14,37H. The van der Waals surface area contributed by atoms with E-state index in [-0.39, 0.29) is 11.4 Å². The maximum Gasteiger partial charge on any atom is 0.416 e. The van der Waals surface area contributed by atoms with Crippen molar-refractivity contribution in [3.05, 3.63) is 100 Å². The quantitative estimate of drug-likeness (QED) is 0.173. The Balaban J connectivity index is 1.37. The van der Waals surface area contributed by atoms with Crippen LogP contribution in [0, 0.1) is 0 Å². The highest BCUT2D eigenvalue weighted by molar-refractivity contribution is 6.42. The molecule has 11 heteroatoms. The van der Waals surface area contributed by atoms with Gasteiger partial charge in [-0.3, -0.25) is 4.99 Å². The van der Waals surface area contributed by atoms with Crippen molar-refractivity contribution in [2.75, 3.05) is 0 Å². The lowest BCUT2D eigenvalue weighted by molar-refractivity contribution is -0.137. The third kappa shape index (κ3) is 5.69. The van der Waals surface area contributed by atoms with Crippen LogP contribution in [-0.2, 0) is 6.18 Å². The number of azo groups is 1. The van der Waals surface area contributed by atoms with Crippen molar-refractivity contribution in [3.8, 4) is 17.2 Å². The van der Waals surface area contributed by atoms with Gasteiger partial charge in [0, 0.05) is 17.3 Å². The number of aliphatic imine (C=N–C) groups is 1. The van der Waals surface area contributed by atoms with Crippen molar-refractivity contribution in [3.63, 3.8) is 0 Å². The molecule has 6 nitrogen and oxygen atoms in total. The number of benzene rings is 4. The molecule has 0 aliphatic heterocycles. The minimum absolute atomic E-state index is 0.0456. The van der Waals surface area contributed by atoms with Gasteiger partial charge in [-0.15, -0.1) is 0 Å². The molecule has 0 saturated carbocycles. The third-order valence-electron chi connectivity index (χ3n) is 5.36. The van der Waals surface area contributed by atoms with Crippen molar-refractivity contribution in [2.24, 2.45) is 15.2 Å². The summed E-state index contributed by atoms with van der Waals surface area (Å²) in [6.45, 7) is 0. The Kier molecular flexibility index (Phi) is 6.88. The first kappa shape index (κ1) is 25.4. The van der Waals surface area contributed by atoms with Crippen LogP contribution in [0.2, 0.25) is 10.0 Å². The molecule has 5 aromatic rings. The van der Waals surface area contributed by atoms with E-state index in [9.17, 15) is 18.3 Å². The molecule has 0 saturated heterocycles. The Morgan fingerprint density at radius 3 is 2.34 bits per heavy atom. The highest BCUT2D eigenvalue weighted by atomic mass is 35.5. The predicted octanol–water partition coefficient (Wildman–Crippen LogP) is 9.69. The first-order valence-corrected chi connectivity index (χ1v) is 11.7. The number of nitrogens with zero attached hydrogens (tertiary/aromatic N) is 4. The third-order valence-corrected chi connectivity index (χ3v) is 6.09. The fourth-order valence-electron chi connectivity index (χ4n) is 3.46. The van der Waals surface area contributed by atoms with Crippen molar-refractivity contribution in [2.45, 2.75) is 6.18 Å². The van der Waals surface area contributed by atoms with E-state index in [1.807, 2.05) is 0 Å². The van der Waals surface area contributed by atoms with Gasteiger partial charge in [0.15, 0.2) is 5.58 Å². The van der Waals surface area contributed by atoms with Crippen LogP contribution in [0.5, 0.6) is 5.75 Å². The number of oxazole rings is 1. The molecule has 4 aromatic carbocycles. The summed E-state index contributed by atoms with van der Waals surface area (Å²) in [5.41, 5.74) is 2.20. The Morgan fingerprint density at radius 1 is 0.816 bits per heavy atom. The smallest absolute Gasteiger partial charge is 0.416 e. The second-order valence-electron chi connectivity index (χ2n) is 8.05. The van der Waals surface area contributed by atoms with Gasteiger partial charge in [0.2, 0.25) is 5.89 Å². The number of alkyl halides is 3. The molecule has 5 rings (SSSR count). The molecule has 190 valence electrons. The minimum atomic E-state index is -4.48. The van der Waals surface area contributed by atoms with Crippen LogP contribution in [0.3, 0.4) is 0 Å². The second-order valence-corrected chi connectivity index (χ2v) is 8.86. The molecule has 1 heterocycles. The Labute approximate surface area is 223 Å². The number of hydrogen-bond acceptors (Lipinski definition) is 6. The summed E-state index contributed by atoms with van der Waals surface area (Å²) in [5, 5.41) is 18.9. The summed E-state index contributed by atoms with van der Waals surface area (Å²) < 4.78 is 44.5. The van der Waals surface area contributed by atoms with Gasteiger partial charge in [0.05, 0.1) is 32.7 Å². The van der Waals surface area contributed by atoms with Gasteiger partial charge in [0.1, 0.15) is 11.3 Å². The molecule has 0 atom stereocenters. The number of aromatic hydroxyl groups is 1. The van der Waals surface area contributed by atoms with Crippen LogP contribution in [-0.4, -0.2) is 16.3 Å². The molecule has 0 amide bonds. The van der Waals surface area contributed by atoms with E-state index < -0.39 is 11.7 Å². The number of rotatable bonds is 5. The predicted molar refractivity (Wildman–Crippen MR) is 140 cm³/mol. The monoisotopic (exact) mass is 554 g/mol. The maximum atomic E-state index is 12.9. The maximum absolute atomic E-state index is 12.9. The van der Waals surface area contributed by atoms with Crippen LogP contribution in [0.25, 0.3) is 22.6 Å². The van der Waals surface area contributed by atoms with Gasteiger partial charge >= 0.3 is 6.18 Å². The zero-order valence-corrected chi connectivity index (χ0v) is 20.6. The molecule has 38 heavy (non-hydrogen) atoms. The molecule has 0 fully saturated rings. The fourth-order valence-corrected chi connectivity index (χ4v) is 3.76. The number of aromatic nitrogens is 1. The number of halogens is 5. The van der Waals surface area contributed by atoms with Gasteiger partial charge in [-0.1, -0.05) is 29.3 Å². The summed E-state index contributed by atoms with van der Waals surface area (Å²) >= 11 is 12.1. The molecule has 0 aliphatic carbocycles. The second kappa shape index (κ2) is 10.3. The average Bonchev–Trinajstić information content (AvgIpc) is 3.32. The number of hydrogen-bond donors (Lipinski definition) is 1. The summed E-state index contributed by atoms with van der Waals surface area (Å²) in [5.74, 6) is 0.312. The van der Waals surface area contributed by atoms with Crippen molar-refractivity contribution < 1.29 is 22.7 Å². The van der Waals surface area contributed by atoms with E-state index in [2.05, 4.69) is 20.2 Å². The van der Waals surface area contributed by atoms with Crippen LogP contribution in [0.1, 0.15) is 11.1 Å². The topological polar surface area (TPSA) is 83.3 Å². The SMILES string of the molecule is Oc1ccc(N=Nc2cccc(C(F)(F)F)c2)cc1C=Nc1ccc2oc(-c3ccc(Cl)c(Cl)c3)nc2c1. The van der Waals surface area contributed by atoms with E-state index in [1.54, 1.807) is 36.4 Å². The van der Waals surface area contributed by atoms with Crippen LogP contribution in [0.15, 0.2) is 98.5 Å². The van der Waals surface area contributed by atoms with Gasteiger partial charge in [0.25, 0.3) is 0 Å². The normalized spacial score (nSPS) is 12.2. The number of fused-ring (bicyclic) bond motifs is 1. The van der Waals surface area contributed by atoms with Gasteiger partial charge < -0.3 is 9.52 Å². The molecular weight excluding hydrogens is 540 g/mol. The van der Waals surface area contributed by atoms with Gasteiger partial charge in [-0.25, -0.2) is 4.98 Å². The molecule has 0 unspecified atom stereocenters. The molecule has 0 bridgehead atoms. The van der Waals surface area contributed by atoms with E-state index in [0.29, 0.717) is 49.5 Å². The molecule has 0 spiro atoms. The Hall–Kier alpha value is -4.21. The lowest BCUT2D eigenvalue weighted by Gasteiger charge is -2.06. The molecular formula is C27H15Cl2F3N4O2. The lowest BCUT2D eigenvalue weighted by atomic mass is 10.2. The minimum Gasteiger partial charge on any atom is -0.507 e. The van der Waals surface area contributed by atoms with Crippen LogP contribution in [0.4, 0.5) is 30.2 Å². The van der Waals surface area contributed by atoms with E-state index in [0.717, 1.165) is 12.1 Å². The highest BCUT2D eigenvalue weighted by Gasteiger charge is 2.30. The Bertz CT molecular complexity index is 1710. The summed E-state index contributed by atoms with van der Waals surface area (Å²) in [4.78, 5) is 8.88. The number of phenols is 1. The van der Waals surface area contributed by atoms with E-state index in [4.69, 9.17) is 27.6 Å². The highest BCUT2D eigenvalue weighted by Crippen LogP contribution is 2.33.